The van der Waals surface area contributed by atoms with E-state index in [9.17, 15) is 4.79 Å². The number of aliphatic imine (C=N–C) groups is 1. The highest BCUT2D eigenvalue weighted by Crippen LogP contribution is 2.40. The average Bonchev–Trinajstić information content (AvgIpc) is 2.86. The molecule has 0 saturated carbocycles. The zero-order chi connectivity index (χ0) is 17.1. The van der Waals surface area contributed by atoms with E-state index in [2.05, 4.69) is 4.99 Å². The smallest absolute Gasteiger partial charge is 0.338 e. The van der Waals surface area contributed by atoms with Gasteiger partial charge in [-0.25, -0.2) is 9.79 Å². The highest BCUT2D eigenvalue weighted by molar-refractivity contribution is 6.20. The standard InChI is InChI=1S/C18H22ClNO3/c1-5-22-16(21)14-11-15(20-17(2,3)4)23-18(14,12-19)13-9-7-6-8-10-13/h6-11H,5,12H2,1-4H3. The molecular formula is C18H22ClNO3. The summed E-state index contributed by atoms with van der Waals surface area (Å²) in [5.74, 6) is 0.0475. The van der Waals surface area contributed by atoms with Crippen molar-refractivity contribution in [2.75, 3.05) is 12.5 Å². The lowest BCUT2D eigenvalue weighted by Gasteiger charge is -2.29. The number of halogens is 1. The molecule has 5 heteroatoms. The molecule has 4 nitrogen and oxygen atoms in total. The molecule has 23 heavy (non-hydrogen) atoms. The van der Waals surface area contributed by atoms with Crippen molar-refractivity contribution in [3.8, 4) is 0 Å². The van der Waals surface area contributed by atoms with Gasteiger partial charge < -0.3 is 9.47 Å². The Morgan fingerprint density at radius 2 is 1.96 bits per heavy atom. The topological polar surface area (TPSA) is 47.9 Å². The molecule has 1 atom stereocenters. The molecule has 1 aromatic rings. The number of alkyl halides is 1. The first kappa shape index (κ1) is 17.5. The van der Waals surface area contributed by atoms with Gasteiger partial charge in [-0.15, -0.1) is 11.6 Å². The number of carbonyl (C=O) groups excluding carboxylic acids is 1. The molecule has 0 spiro atoms. The molecule has 0 N–H and O–H groups in total. The molecule has 0 saturated heterocycles. The predicted octanol–water partition coefficient (Wildman–Crippen LogP) is 3.84. The lowest BCUT2D eigenvalue weighted by Crippen LogP contribution is -2.35. The maximum Gasteiger partial charge on any atom is 0.338 e. The molecule has 0 radical (unpaired) electrons. The first-order chi connectivity index (χ1) is 10.8. The van der Waals surface area contributed by atoms with Crippen LogP contribution in [-0.2, 0) is 19.9 Å². The monoisotopic (exact) mass is 335 g/mol. The van der Waals surface area contributed by atoms with E-state index in [4.69, 9.17) is 21.1 Å². The first-order valence-electron chi connectivity index (χ1n) is 7.62. The Bertz CT molecular complexity index is 631. The van der Waals surface area contributed by atoms with Gasteiger partial charge in [0.25, 0.3) is 0 Å². The summed E-state index contributed by atoms with van der Waals surface area (Å²) in [6, 6.07) is 9.44. The number of esters is 1. The molecule has 1 heterocycles. The Hall–Kier alpha value is -1.81. The van der Waals surface area contributed by atoms with E-state index >= 15 is 0 Å². The zero-order valence-electron chi connectivity index (χ0n) is 13.9. The number of benzene rings is 1. The van der Waals surface area contributed by atoms with Crippen molar-refractivity contribution in [2.24, 2.45) is 4.99 Å². The van der Waals surface area contributed by atoms with Crippen LogP contribution in [0.4, 0.5) is 0 Å². The quantitative estimate of drug-likeness (QED) is 0.620. The van der Waals surface area contributed by atoms with Crippen LogP contribution >= 0.6 is 11.6 Å². The molecule has 0 fully saturated rings. The van der Waals surface area contributed by atoms with Crippen LogP contribution in [0.15, 0.2) is 47.0 Å². The van der Waals surface area contributed by atoms with Gasteiger partial charge in [0.1, 0.15) is 0 Å². The van der Waals surface area contributed by atoms with Crippen LogP contribution in [0.3, 0.4) is 0 Å². The summed E-state index contributed by atoms with van der Waals surface area (Å²) in [6.07, 6.45) is 1.64. The van der Waals surface area contributed by atoms with Crippen molar-refractivity contribution in [1.29, 1.82) is 0 Å². The van der Waals surface area contributed by atoms with E-state index in [-0.39, 0.29) is 18.0 Å². The Balaban J connectivity index is 2.54. The molecule has 1 aliphatic heterocycles. The van der Waals surface area contributed by atoms with Gasteiger partial charge >= 0.3 is 5.97 Å². The maximum absolute atomic E-state index is 12.4. The van der Waals surface area contributed by atoms with Crippen LogP contribution in [0.5, 0.6) is 0 Å². The maximum atomic E-state index is 12.4. The van der Waals surface area contributed by atoms with Crippen molar-refractivity contribution in [3.05, 3.63) is 47.5 Å². The minimum atomic E-state index is -1.07. The number of hydrogen-bond acceptors (Lipinski definition) is 4. The molecule has 1 aliphatic rings. The summed E-state index contributed by atoms with van der Waals surface area (Å²) in [5.41, 5.74) is -0.221. The van der Waals surface area contributed by atoms with Gasteiger partial charge in [0.15, 0.2) is 5.60 Å². The van der Waals surface area contributed by atoms with Crippen LogP contribution in [0.1, 0.15) is 33.3 Å². The summed E-state index contributed by atoms with van der Waals surface area (Å²) < 4.78 is 11.2. The van der Waals surface area contributed by atoms with Crippen LogP contribution in [0.2, 0.25) is 0 Å². The summed E-state index contributed by atoms with van der Waals surface area (Å²) in [5, 5.41) is 0. The minimum absolute atomic E-state index is 0.0881. The SMILES string of the molecule is CCOC(=O)C1=CC(=NC(C)(C)C)OC1(CCl)c1ccccc1. The minimum Gasteiger partial charge on any atom is -0.463 e. The highest BCUT2D eigenvalue weighted by atomic mass is 35.5. The van der Waals surface area contributed by atoms with E-state index in [1.807, 2.05) is 51.1 Å². The summed E-state index contributed by atoms with van der Waals surface area (Å²) in [4.78, 5) is 16.9. The van der Waals surface area contributed by atoms with Gasteiger partial charge in [-0.2, -0.15) is 0 Å². The fraction of sp³-hybridized carbons (Fsp3) is 0.444. The lowest BCUT2D eigenvalue weighted by molar-refractivity contribution is -0.140. The number of hydrogen-bond donors (Lipinski definition) is 0. The third-order valence-electron chi connectivity index (χ3n) is 3.35. The zero-order valence-corrected chi connectivity index (χ0v) is 14.7. The number of carbonyl (C=O) groups is 1. The van der Waals surface area contributed by atoms with Gasteiger partial charge in [-0.1, -0.05) is 30.3 Å². The molecule has 0 bridgehead atoms. The molecule has 0 aliphatic carbocycles. The summed E-state index contributed by atoms with van der Waals surface area (Å²) in [7, 11) is 0. The van der Waals surface area contributed by atoms with Gasteiger partial charge in [0.05, 0.1) is 23.6 Å². The summed E-state index contributed by atoms with van der Waals surface area (Å²) >= 11 is 6.25. The van der Waals surface area contributed by atoms with E-state index in [0.29, 0.717) is 11.5 Å². The third-order valence-corrected chi connectivity index (χ3v) is 3.73. The van der Waals surface area contributed by atoms with Crippen LogP contribution in [-0.4, -0.2) is 29.9 Å². The Morgan fingerprint density at radius 1 is 1.30 bits per heavy atom. The Morgan fingerprint density at radius 3 is 2.48 bits per heavy atom. The van der Waals surface area contributed by atoms with Crippen molar-refractivity contribution in [1.82, 2.24) is 0 Å². The summed E-state index contributed by atoms with van der Waals surface area (Å²) in [6.45, 7) is 7.94. The fourth-order valence-corrected chi connectivity index (χ4v) is 2.77. The van der Waals surface area contributed by atoms with Crippen LogP contribution < -0.4 is 0 Å². The van der Waals surface area contributed by atoms with E-state index in [1.165, 1.54) is 0 Å². The Kier molecular flexibility index (Phi) is 5.15. The van der Waals surface area contributed by atoms with Crippen molar-refractivity contribution in [2.45, 2.75) is 38.8 Å². The van der Waals surface area contributed by atoms with Crippen LogP contribution in [0.25, 0.3) is 0 Å². The lowest BCUT2D eigenvalue weighted by atomic mass is 9.88. The second-order valence-electron chi connectivity index (χ2n) is 6.33. The molecule has 124 valence electrons. The van der Waals surface area contributed by atoms with E-state index in [1.54, 1.807) is 13.0 Å². The highest BCUT2D eigenvalue weighted by Gasteiger charge is 2.47. The fourth-order valence-electron chi connectivity index (χ4n) is 2.42. The first-order valence-corrected chi connectivity index (χ1v) is 8.15. The molecule has 2 rings (SSSR count). The number of ether oxygens (including phenoxy) is 2. The van der Waals surface area contributed by atoms with Gasteiger partial charge in [-0.05, 0) is 27.7 Å². The second-order valence-corrected chi connectivity index (χ2v) is 6.60. The van der Waals surface area contributed by atoms with E-state index in [0.717, 1.165) is 5.56 Å². The largest absolute Gasteiger partial charge is 0.463 e. The average molecular weight is 336 g/mol. The molecule has 1 aromatic carbocycles. The molecular weight excluding hydrogens is 314 g/mol. The van der Waals surface area contributed by atoms with Gasteiger partial charge in [0.2, 0.25) is 5.90 Å². The second kappa shape index (κ2) is 6.75. The predicted molar refractivity (Wildman–Crippen MR) is 91.8 cm³/mol. The van der Waals surface area contributed by atoms with Gasteiger partial charge in [-0.3, -0.25) is 0 Å². The number of nitrogens with zero attached hydrogens (tertiary/aromatic N) is 1. The molecule has 0 amide bonds. The molecule has 0 aromatic heterocycles. The van der Waals surface area contributed by atoms with Crippen molar-refractivity contribution in [3.63, 3.8) is 0 Å². The Labute approximate surface area is 142 Å². The number of rotatable bonds is 4. The molecule has 1 unspecified atom stereocenters. The van der Waals surface area contributed by atoms with Gasteiger partial charge in [0, 0.05) is 11.6 Å². The normalized spacial score (nSPS) is 22.7. The van der Waals surface area contributed by atoms with E-state index < -0.39 is 11.6 Å². The third kappa shape index (κ3) is 3.75. The van der Waals surface area contributed by atoms with Crippen molar-refractivity contribution >= 4 is 23.5 Å². The van der Waals surface area contributed by atoms with Crippen LogP contribution in [0, 0.1) is 0 Å². The van der Waals surface area contributed by atoms with Crippen molar-refractivity contribution < 1.29 is 14.3 Å².